The van der Waals surface area contributed by atoms with E-state index in [-0.39, 0.29) is 34.6 Å². The van der Waals surface area contributed by atoms with Crippen LogP contribution >= 0.6 is 0 Å². The number of rotatable bonds is 6. The lowest BCUT2D eigenvalue weighted by Gasteiger charge is -2.29. The van der Waals surface area contributed by atoms with E-state index < -0.39 is 11.6 Å². The highest BCUT2D eigenvalue weighted by atomic mass is 19.1. The van der Waals surface area contributed by atoms with E-state index in [2.05, 4.69) is 25.6 Å². The van der Waals surface area contributed by atoms with Crippen molar-refractivity contribution in [1.82, 2.24) is 29.7 Å². The molecule has 0 atom stereocenters. The van der Waals surface area contributed by atoms with Gasteiger partial charge in [-0.2, -0.15) is 0 Å². The Morgan fingerprint density at radius 3 is 2.56 bits per heavy atom. The van der Waals surface area contributed by atoms with Gasteiger partial charge in [-0.3, -0.25) is 0 Å². The van der Waals surface area contributed by atoms with E-state index in [4.69, 9.17) is 11.5 Å². The highest BCUT2D eigenvalue weighted by molar-refractivity contribution is 5.83. The molecule has 1 fully saturated rings. The normalized spacial score (nSPS) is 15.4. The van der Waals surface area contributed by atoms with Gasteiger partial charge in [0.1, 0.15) is 22.9 Å². The third-order valence-corrected chi connectivity index (χ3v) is 5.63. The summed E-state index contributed by atoms with van der Waals surface area (Å²) < 4.78 is 31.4. The summed E-state index contributed by atoms with van der Waals surface area (Å²) in [5.41, 5.74) is 13.2. The fourth-order valence-corrected chi connectivity index (χ4v) is 4.06. The van der Waals surface area contributed by atoms with Crippen LogP contribution in [0.4, 0.5) is 14.7 Å². The summed E-state index contributed by atoms with van der Waals surface area (Å²) in [6.07, 6.45) is 4.31. The molecule has 1 aliphatic heterocycles. The molecule has 9 nitrogen and oxygen atoms in total. The van der Waals surface area contributed by atoms with Crippen LogP contribution in [0.25, 0.3) is 22.3 Å². The Hall–Kier alpha value is -3.73. The van der Waals surface area contributed by atoms with E-state index in [1.165, 1.54) is 6.07 Å². The lowest BCUT2D eigenvalue weighted by Crippen LogP contribution is -2.44. The summed E-state index contributed by atoms with van der Waals surface area (Å²) in [6, 6.07) is 2.97. The summed E-state index contributed by atoms with van der Waals surface area (Å²) in [4.78, 5) is 14.6. The van der Waals surface area contributed by atoms with Gasteiger partial charge in [0.25, 0.3) is 0 Å². The minimum absolute atomic E-state index is 0.0452. The van der Waals surface area contributed by atoms with Crippen molar-refractivity contribution in [2.24, 2.45) is 11.5 Å². The third kappa shape index (κ3) is 4.79. The Kier molecular flexibility index (Phi) is 6.64. The number of aryl methyl sites for hydroxylation is 1. The first-order chi connectivity index (χ1) is 16.2. The zero-order valence-corrected chi connectivity index (χ0v) is 19.4. The number of anilines is 1. The second kappa shape index (κ2) is 9.64. The number of imidazole rings is 1. The largest absolute Gasteiger partial charge is 0.385 e. The molecular weight excluding hydrogens is 440 g/mol. The highest BCUT2D eigenvalue weighted by Gasteiger charge is 2.18. The summed E-state index contributed by atoms with van der Waals surface area (Å²) in [5, 5.41) is 6.09. The van der Waals surface area contributed by atoms with Gasteiger partial charge in [0.05, 0.1) is 17.5 Å². The molecule has 11 heteroatoms. The number of hydrogen-bond acceptors (Lipinski definition) is 8. The number of halogens is 2. The number of fused-ring (bicyclic) bond motifs is 1. The number of benzene rings is 1. The maximum Gasteiger partial charge on any atom is 0.229 e. The fraction of sp³-hybridized carbons (Fsp3) is 0.348. The van der Waals surface area contributed by atoms with Crippen LogP contribution in [-0.2, 0) is 0 Å². The first-order valence-electron chi connectivity index (χ1n) is 11.1. The molecule has 2 aromatic heterocycles. The van der Waals surface area contributed by atoms with E-state index in [0.717, 1.165) is 32.4 Å². The number of piperazine rings is 1. The van der Waals surface area contributed by atoms with Crippen LogP contribution in [0.15, 0.2) is 42.1 Å². The molecule has 180 valence electrons. The molecule has 3 heterocycles. The van der Waals surface area contributed by atoms with Gasteiger partial charge in [-0.25, -0.2) is 23.7 Å². The Morgan fingerprint density at radius 2 is 1.85 bits per heavy atom. The number of hydrogen-bond donors (Lipinski definition) is 4. The van der Waals surface area contributed by atoms with E-state index >= 15 is 0 Å². The molecule has 6 N–H and O–H groups in total. The molecular formula is C23H29F2N9. The van der Waals surface area contributed by atoms with Gasteiger partial charge in [-0.1, -0.05) is 0 Å². The summed E-state index contributed by atoms with van der Waals surface area (Å²) >= 11 is 0. The number of nitrogens with one attached hydrogen (secondary N) is 2. The van der Waals surface area contributed by atoms with Crippen molar-refractivity contribution in [2.75, 3.05) is 31.5 Å². The predicted molar refractivity (Wildman–Crippen MR) is 128 cm³/mol. The Bertz CT molecular complexity index is 1260. The first-order valence-corrected chi connectivity index (χ1v) is 11.1. The van der Waals surface area contributed by atoms with Gasteiger partial charge < -0.3 is 31.6 Å². The molecule has 0 aliphatic carbocycles. The highest BCUT2D eigenvalue weighted by Crippen LogP contribution is 2.30. The van der Waals surface area contributed by atoms with E-state index in [0.29, 0.717) is 17.2 Å². The molecule has 0 saturated carbocycles. The second-order valence-electron chi connectivity index (χ2n) is 8.41. The predicted octanol–water partition coefficient (Wildman–Crippen LogP) is 2.58. The number of aromatic nitrogens is 4. The van der Waals surface area contributed by atoms with Crippen LogP contribution in [0.1, 0.15) is 25.7 Å². The SMILES string of the molecule is Cc1nc2c(F)cc(-c3nc(N/C(N)=C/C=C(\N)N4CCNCC4)ncc3F)cc2n1C(C)C. The molecule has 1 aromatic carbocycles. The van der Waals surface area contributed by atoms with Gasteiger partial charge in [0, 0.05) is 37.8 Å². The lowest BCUT2D eigenvalue weighted by atomic mass is 10.1. The number of nitrogens with two attached hydrogens (primary N) is 2. The quantitative estimate of drug-likeness (QED) is 0.406. The summed E-state index contributed by atoms with van der Waals surface area (Å²) in [5.74, 6) is 0.349. The van der Waals surface area contributed by atoms with Crippen LogP contribution in [-0.4, -0.2) is 50.6 Å². The molecule has 3 aromatic rings. The molecule has 1 saturated heterocycles. The smallest absolute Gasteiger partial charge is 0.229 e. The Morgan fingerprint density at radius 1 is 1.12 bits per heavy atom. The van der Waals surface area contributed by atoms with Gasteiger partial charge in [-0.05, 0) is 45.1 Å². The molecule has 0 unspecified atom stereocenters. The molecule has 34 heavy (non-hydrogen) atoms. The van der Waals surface area contributed by atoms with Crippen molar-refractivity contribution < 1.29 is 8.78 Å². The van der Waals surface area contributed by atoms with Crippen LogP contribution in [0.2, 0.25) is 0 Å². The van der Waals surface area contributed by atoms with Gasteiger partial charge in [-0.15, -0.1) is 0 Å². The number of allylic oxidation sites excluding steroid dienone is 2. The Labute approximate surface area is 196 Å². The molecule has 1 aliphatic rings. The van der Waals surface area contributed by atoms with E-state index in [1.54, 1.807) is 18.2 Å². The third-order valence-electron chi connectivity index (χ3n) is 5.63. The van der Waals surface area contributed by atoms with E-state index in [1.807, 2.05) is 30.2 Å². The standard InChI is InChI=1S/C23H29F2N9/c1-13(2)34-14(3)30-22-16(24)10-15(11-18(22)34)21-17(25)12-29-23(32-21)31-19(26)4-5-20(27)33-8-6-28-7-9-33/h4-5,10-13,28H,6-9,26-27H2,1-3H3,(H,29,31,32)/b19-4+,20-5+. The first kappa shape index (κ1) is 23.4. The molecule has 0 bridgehead atoms. The zero-order valence-electron chi connectivity index (χ0n) is 19.4. The van der Waals surface area contributed by atoms with Crippen molar-refractivity contribution in [3.05, 3.63) is 59.6 Å². The maximum absolute atomic E-state index is 14.8. The topological polar surface area (TPSA) is 123 Å². The van der Waals surface area contributed by atoms with Crippen LogP contribution in [0.5, 0.6) is 0 Å². The minimum atomic E-state index is -0.679. The zero-order chi connectivity index (χ0) is 24.4. The van der Waals surface area contributed by atoms with Gasteiger partial charge in [0.15, 0.2) is 11.6 Å². The van der Waals surface area contributed by atoms with E-state index in [9.17, 15) is 8.78 Å². The molecule has 0 radical (unpaired) electrons. The molecule has 4 rings (SSSR count). The van der Waals surface area contributed by atoms with Crippen molar-refractivity contribution in [3.63, 3.8) is 0 Å². The van der Waals surface area contributed by atoms with Crippen LogP contribution in [0.3, 0.4) is 0 Å². The summed E-state index contributed by atoms with van der Waals surface area (Å²) in [6.45, 7) is 9.11. The van der Waals surface area contributed by atoms with Gasteiger partial charge in [0.2, 0.25) is 5.95 Å². The number of nitrogens with zero attached hydrogens (tertiary/aromatic N) is 5. The van der Waals surface area contributed by atoms with Crippen LogP contribution in [0, 0.1) is 18.6 Å². The summed E-state index contributed by atoms with van der Waals surface area (Å²) in [7, 11) is 0. The Balaban J connectivity index is 1.62. The van der Waals surface area contributed by atoms with Crippen molar-refractivity contribution in [1.29, 1.82) is 0 Å². The fourth-order valence-electron chi connectivity index (χ4n) is 4.06. The lowest BCUT2D eigenvalue weighted by molar-refractivity contribution is 0.296. The van der Waals surface area contributed by atoms with Gasteiger partial charge >= 0.3 is 0 Å². The molecule has 0 spiro atoms. The van der Waals surface area contributed by atoms with Crippen molar-refractivity contribution in [3.8, 4) is 11.3 Å². The average Bonchev–Trinajstić information content (AvgIpc) is 3.16. The second-order valence-corrected chi connectivity index (χ2v) is 8.41. The maximum atomic E-state index is 14.8. The van der Waals surface area contributed by atoms with Crippen molar-refractivity contribution in [2.45, 2.75) is 26.8 Å². The minimum Gasteiger partial charge on any atom is -0.385 e. The monoisotopic (exact) mass is 469 g/mol. The average molecular weight is 470 g/mol. The van der Waals surface area contributed by atoms with Crippen molar-refractivity contribution >= 4 is 17.0 Å². The molecule has 0 amide bonds. The van der Waals surface area contributed by atoms with Crippen LogP contribution < -0.4 is 22.1 Å².